The van der Waals surface area contributed by atoms with E-state index >= 15 is 0 Å². The molecule has 228 valence electrons. The molecule has 1 heterocycles. The molecule has 0 saturated carbocycles. The Morgan fingerprint density at radius 1 is 0.391 bits per heavy atom. The van der Waals surface area contributed by atoms with Crippen LogP contribution in [0.1, 0.15) is 25.0 Å². The summed E-state index contributed by atoms with van der Waals surface area (Å²) in [7, 11) is -3.28. The number of hydrogen-bond acceptors (Lipinski definition) is 5. The molecular formula is C39H32O5P2. The minimum absolute atomic E-state index is 0.407. The lowest BCUT2D eigenvalue weighted by molar-refractivity contribution is 0.420. The fourth-order valence-electron chi connectivity index (χ4n) is 5.33. The molecule has 0 saturated heterocycles. The quantitative estimate of drug-likeness (QED) is 0.139. The SMILES string of the molecule is CC1(C)c2cccc(P(Oc3ccccc3)Oc3ccccc3)c2Oc2c(P(Oc3ccccc3)Oc3ccccc3)cccc21. The van der Waals surface area contributed by atoms with Gasteiger partial charge < -0.3 is 22.8 Å². The van der Waals surface area contributed by atoms with Crippen LogP contribution in [-0.2, 0) is 5.41 Å². The smallest absolute Gasteiger partial charge is 0.330 e. The van der Waals surface area contributed by atoms with Gasteiger partial charge in [0, 0.05) is 16.5 Å². The second-order valence-corrected chi connectivity index (χ2v) is 13.9. The molecule has 6 aromatic carbocycles. The van der Waals surface area contributed by atoms with Crippen molar-refractivity contribution in [3.8, 4) is 34.5 Å². The van der Waals surface area contributed by atoms with E-state index in [0.717, 1.165) is 33.2 Å². The van der Waals surface area contributed by atoms with Gasteiger partial charge in [-0.15, -0.1) is 0 Å². The molecule has 5 nitrogen and oxygen atoms in total. The first-order valence-corrected chi connectivity index (χ1v) is 17.4. The zero-order chi connectivity index (χ0) is 31.3. The third kappa shape index (κ3) is 6.30. The number of fused-ring (bicyclic) bond motifs is 2. The molecule has 0 fully saturated rings. The summed E-state index contributed by atoms with van der Waals surface area (Å²) in [6.45, 7) is 4.44. The molecule has 0 unspecified atom stereocenters. The highest BCUT2D eigenvalue weighted by Crippen LogP contribution is 2.53. The number of benzene rings is 6. The maximum Gasteiger partial charge on any atom is 0.330 e. The molecule has 0 amide bonds. The van der Waals surface area contributed by atoms with Gasteiger partial charge in [-0.3, -0.25) is 0 Å². The van der Waals surface area contributed by atoms with Gasteiger partial charge in [0.15, 0.2) is 0 Å². The predicted octanol–water partition coefficient (Wildman–Crippen LogP) is 10.3. The van der Waals surface area contributed by atoms with Crippen molar-refractivity contribution in [3.05, 3.63) is 169 Å². The molecule has 0 radical (unpaired) electrons. The van der Waals surface area contributed by atoms with E-state index in [4.69, 9.17) is 22.8 Å². The second-order valence-electron chi connectivity index (χ2n) is 11.2. The Morgan fingerprint density at radius 3 is 1.00 bits per heavy atom. The van der Waals surface area contributed by atoms with Crippen LogP contribution in [0.4, 0.5) is 0 Å². The summed E-state index contributed by atoms with van der Waals surface area (Å²) in [4.78, 5) is 0. The molecule has 1 aliphatic rings. The van der Waals surface area contributed by atoms with Gasteiger partial charge in [0.1, 0.15) is 34.5 Å². The normalized spacial score (nSPS) is 12.9. The van der Waals surface area contributed by atoms with Crippen LogP contribution in [0, 0.1) is 0 Å². The van der Waals surface area contributed by atoms with Crippen molar-refractivity contribution >= 4 is 27.4 Å². The van der Waals surface area contributed by atoms with Gasteiger partial charge in [0.25, 0.3) is 0 Å². The molecule has 7 rings (SSSR count). The first-order valence-electron chi connectivity index (χ1n) is 15.0. The Balaban J connectivity index is 1.33. The standard InChI is InChI=1S/C39H32O5P2/c1-39(2)33-25-15-27-35(45(41-29-17-7-3-8-18-29)42-30-19-9-4-10-20-30)37(33)40-38-34(39)26-16-28-36(38)46(43-31-21-11-5-12-22-31)44-32-23-13-6-14-24-32/h3-28H,1-2H3. The van der Waals surface area contributed by atoms with Gasteiger partial charge in [-0.25, -0.2) is 0 Å². The van der Waals surface area contributed by atoms with Crippen LogP contribution >= 0.6 is 16.8 Å². The molecule has 0 aliphatic carbocycles. The Labute approximate surface area is 272 Å². The number of para-hydroxylation sites is 6. The first kappa shape index (κ1) is 29.9. The van der Waals surface area contributed by atoms with Crippen molar-refractivity contribution in [1.29, 1.82) is 0 Å². The van der Waals surface area contributed by atoms with Crippen LogP contribution in [0.25, 0.3) is 0 Å². The zero-order valence-corrected chi connectivity index (χ0v) is 27.2. The average molecular weight is 643 g/mol. The highest BCUT2D eigenvalue weighted by Gasteiger charge is 2.40. The lowest BCUT2D eigenvalue weighted by Crippen LogP contribution is -2.30. The van der Waals surface area contributed by atoms with E-state index in [1.54, 1.807) is 0 Å². The summed E-state index contributed by atoms with van der Waals surface area (Å²) >= 11 is 0. The summed E-state index contributed by atoms with van der Waals surface area (Å²) in [6, 6.07) is 51.4. The summed E-state index contributed by atoms with van der Waals surface area (Å²) in [5, 5.41) is 1.68. The number of ether oxygens (including phenoxy) is 1. The highest BCUT2D eigenvalue weighted by atomic mass is 31.2. The van der Waals surface area contributed by atoms with E-state index < -0.39 is 22.2 Å². The number of rotatable bonds is 10. The van der Waals surface area contributed by atoms with Crippen molar-refractivity contribution in [2.75, 3.05) is 0 Å². The van der Waals surface area contributed by atoms with E-state index in [-0.39, 0.29) is 0 Å². The fourth-order valence-corrected chi connectivity index (χ4v) is 8.13. The third-order valence-corrected chi connectivity index (χ3v) is 10.7. The Morgan fingerprint density at radius 2 is 0.696 bits per heavy atom. The zero-order valence-electron chi connectivity index (χ0n) is 25.4. The van der Waals surface area contributed by atoms with Crippen LogP contribution in [-0.4, -0.2) is 0 Å². The van der Waals surface area contributed by atoms with Crippen LogP contribution in [0.3, 0.4) is 0 Å². The molecule has 0 bridgehead atoms. The predicted molar refractivity (Wildman–Crippen MR) is 186 cm³/mol. The summed E-state index contributed by atoms with van der Waals surface area (Å²) in [5.74, 6) is 4.31. The van der Waals surface area contributed by atoms with Crippen molar-refractivity contribution in [3.63, 3.8) is 0 Å². The van der Waals surface area contributed by atoms with Crippen LogP contribution in [0.2, 0.25) is 0 Å². The van der Waals surface area contributed by atoms with E-state index in [0.29, 0.717) is 23.0 Å². The van der Waals surface area contributed by atoms with Crippen molar-refractivity contribution in [1.82, 2.24) is 0 Å². The molecule has 0 atom stereocenters. The summed E-state index contributed by atoms with van der Waals surface area (Å²) in [6.07, 6.45) is 0. The average Bonchev–Trinajstić information content (AvgIpc) is 3.09. The summed E-state index contributed by atoms with van der Waals surface area (Å²) in [5.41, 5.74) is 1.69. The van der Waals surface area contributed by atoms with E-state index in [9.17, 15) is 0 Å². The molecule has 0 aromatic heterocycles. The van der Waals surface area contributed by atoms with E-state index in [1.807, 2.05) is 133 Å². The van der Waals surface area contributed by atoms with Crippen molar-refractivity contribution in [2.24, 2.45) is 0 Å². The largest absolute Gasteiger partial charge is 0.455 e. The maximum atomic E-state index is 7.00. The Hall–Kier alpha value is -4.82. The molecule has 6 aromatic rings. The Bertz CT molecular complexity index is 1680. The molecule has 46 heavy (non-hydrogen) atoms. The molecule has 0 N–H and O–H groups in total. The van der Waals surface area contributed by atoms with Crippen LogP contribution in [0.5, 0.6) is 34.5 Å². The number of hydrogen-bond donors (Lipinski definition) is 0. The van der Waals surface area contributed by atoms with Gasteiger partial charge in [0.2, 0.25) is 0 Å². The van der Waals surface area contributed by atoms with Gasteiger partial charge >= 0.3 is 16.8 Å². The van der Waals surface area contributed by atoms with Gasteiger partial charge in [-0.2, -0.15) is 0 Å². The van der Waals surface area contributed by atoms with Crippen LogP contribution in [0.15, 0.2) is 158 Å². The van der Waals surface area contributed by atoms with Gasteiger partial charge in [-0.05, 0) is 60.7 Å². The fraction of sp³-hybridized carbons (Fsp3) is 0.0769. The maximum absolute atomic E-state index is 7.00. The van der Waals surface area contributed by atoms with Crippen LogP contribution < -0.4 is 33.4 Å². The van der Waals surface area contributed by atoms with Crippen molar-refractivity contribution < 1.29 is 22.8 Å². The monoisotopic (exact) mass is 642 g/mol. The van der Waals surface area contributed by atoms with Crippen molar-refractivity contribution in [2.45, 2.75) is 19.3 Å². The highest BCUT2D eigenvalue weighted by molar-refractivity contribution is 7.57. The Kier molecular flexibility index (Phi) is 8.62. The molecule has 0 spiro atoms. The lowest BCUT2D eigenvalue weighted by Gasteiger charge is -2.37. The molecule has 1 aliphatic heterocycles. The molecule has 7 heteroatoms. The minimum Gasteiger partial charge on any atom is -0.455 e. The van der Waals surface area contributed by atoms with E-state index in [2.05, 4.69) is 38.1 Å². The minimum atomic E-state index is -1.64. The first-order chi connectivity index (χ1) is 22.6. The topological polar surface area (TPSA) is 46.2 Å². The molecular weight excluding hydrogens is 610 g/mol. The van der Waals surface area contributed by atoms with E-state index in [1.165, 1.54) is 0 Å². The summed E-state index contributed by atoms with van der Waals surface area (Å²) < 4.78 is 33.3. The van der Waals surface area contributed by atoms with Gasteiger partial charge in [0.05, 0.1) is 10.6 Å². The second kappa shape index (κ2) is 13.3. The third-order valence-electron chi connectivity index (χ3n) is 7.66. The lowest BCUT2D eigenvalue weighted by atomic mass is 9.76. The van der Waals surface area contributed by atoms with Gasteiger partial charge in [-0.1, -0.05) is 111 Å².